The van der Waals surface area contributed by atoms with Crippen LogP contribution in [0.1, 0.15) is 12.0 Å². The summed E-state index contributed by atoms with van der Waals surface area (Å²) in [6.45, 7) is 2.00. The van der Waals surface area contributed by atoms with Crippen molar-refractivity contribution in [3.63, 3.8) is 0 Å². The molecule has 0 aromatic heterocycles. The third-order valence-electron chi connectivity index (χ3n) is 3.13. The summed E-state index contributed by atoms with van der Waals surface area (Å²) in [5.41, 5.74) is 6.83. The van der Waals surface area contributed by atoms with Gasteiger partial charge < -0.3 is 16.0 Å². The molecule has 0 unspecified atom stereocenters. The summed E-state index contributed by atoms with van der Waals surface area (Å²) in [6, 6.07) is 6.01. The van der Waals surface area contributed by atoms with E-state index in [-0.39, 0.29) is 24.1 Å². The average molecular weight is 350 g/mol. The maximum absolute atomic E-state index is 12.8. The number of carbonyl (C=O) groups excluding carboxylic acids is 1. The van der Waals surface area contributed by atoms with Gasteiger partial charge in [-0.05, 0) is 43.2 Å². The Morgan fingerprint density at radius 3 is 2.64 bits per heavy atom. The monoisotopic (exact) mass is 349 g/mol. The first kappa shape index (κ1) is 21.2. The highest BCUT2D eigenvalue weighted by molar-refractivity contribution is 7.98. The van der Waals surface area contributed by atoms with Gasteiger partial charge in [-0.15, -0.1) is 12.4 Å². The van der Waals surface area contributed by atoms with Crippen LogP contribution in [-0.4, -0.2) is 49.0 Å². The third kappa shape index (κ3) is 8.58. The summed E-state index contributed by atoms with van der Waals surface area (Å²) in [6.07, 6.45) is 2.69. The molecule has 0 aliphatic heterocycles. The molecule has 1 amide bonds. The van der Waals surface area contributed by atoms with Gasteiger partial charge in [-0.3, -0.25) is 4.79 Å². The van der Waals surface area contributed by atoms with Gasteiger partial charge in [-0.25, -0.2) is 4.39 Å². The number of benzene rings is 1. The molecule has 3 N–H and O–H groups in total. The summed E-state index contributed by atoms with van der Waals surface area (Å²) in [5, 5.41) is 2.84. The van der Waals surface area contributed by atoms with Crippen LogP contribution in [0.15, 0.2) is 24.3 Å². The SMILES string of the molecule is CSCC[C@H](N)C(=O)NCCN(C)Cc1ccc(F)cc1.Cl. The zero-order valence-corrected chi connectivity index (χ0v) is 14.7. The highest BCUT2D eigenvalue weighted by Crippen LogP contribution is 2.05. The summed E-state index contributed by atoms with van der Waals surface area (Å²) in [7, 11) is 1.96. The van der Waals surface area contributed by atoms with Crippen LogP contribution in [0.5, 0.6) is 0 Å². The second-order valence-corrected chi connectivity index (χ2v) is 6.03. The summed E-state index contributed by atoms with van der Waals surface area (Å²) in [4.78, 5) is 13.8. The van der Waals surface area contributed by atoms with Crippen molar-refractivity contribution >= 4 is 30.1 Å². The van der Waals surface area contributed by atoms with Crippen LogP contribution >= 0.6 is 24.2 Å². The fourth-order valence-corrected chi connectivity index (χ4v) is 2.35. The number of hydrogen-bond acceptors (Lipinski definition) is 4. The molecule has 0 bridgehead atoms. The van der Waals surface area contributed by atoms with Crippen molar-refractivity contribution in [2.24, 2.45) is 5.73 Å². The molecule has 0 saturated heterocycles. The van der Waals surface area contributed by atoms with Gasteiger partial charge in [0, 0.05) is 19.6 Å². The lowest BCUT2D eigenvalue weighted by Gasteiger charge is -2.18. The molecule has 4 nitrogen and oxygen atoms in total. The number of amides is 1. The van der Waals surface area contributed by atoms with E-state index in [4.69, 9.17) is 5.73 Å². The Morgan fingerprint density at radius 1 is 1.41 bits per heavy atom. The molecule has 0 radical (unpaired) electrons. The maximum Gasteiger partial charge on any atom is 0.236 e. The summed E-state index contributed by atoms with van der Waals surface area (Å²) in [5.74, 6) is 0.561. The largest absolute Gasteiger partial charge is 0.353 e. The maximum atomic E-state index is 12.8. The Balaban J connectivity index is 0.00000441. The quantitative estimate of drug-likeness (QED) is 0.714. The van der Waals surface area contributed by atoms with Crippen molar-refractivity contribution in [3.05, 3.63) is 35.6 Å². The van der Waals surface area contributed by atoms with Crippen molar-refractivity contribution in [3.8, 4) is 0 Å². The number of carbonyl (C=O) groups is 1. The highest BCUT2D eigenvalue weighted by atomic mass is 35.5. The lowest BCUT2D eigenvalue weighted by molar-refractivity contribution is -0.122. The fraction of sp³-hybridized carbons (Fsp3) is 0.533. The predicted octanol–water partition coefficient (Wildman–Crippen LogP) is 1.88. The van der Waals surface area contributed by atoms with Gasteiger partial charge in [0.05, 0.1) is 6.04 Å². The number of nitrogens with one attached hydrogen (secondary N) is 1. The zero-order chi connectivity index (χ0) is 15.7. The van der Waals surface area contributed by atoms with E-state index in [1.807, 2.05) is 13.3 Å². The number of halogens is 2. The first-order valence-electron chi connectivity index (χ1n) is 6.98. The number of hydrogen-bond donors (Lipinski definition) is 2. The van der Waals surface area contributed by atoms with E-state index in [0.29, 0.717) is 19.5 Å². The molecule has 1 aromatic carbocycles. The predicted molar refractivity (Wildman–Crippen MR) is 94.0 cm³/mol. The minimum absolute atomic E-state index is 0. The van der Waals surface area contributed by atoms with E-state index < -0.39 is 6.04 Å². The highest BCUT2D eigenvalue weighted by Gasteiger charge is 2.12. The van der Waals surface area contributed by atoms with E-state index >= 15 is 0 Å². The molecule has 1 atom stereocenters. The van der Waals surface area contributed by atoms with Crippen molar-refractivity contribution in [1.82, 2.24) is 10.2 Å². The van der Waals surface area contributed by atoms with Gasteiger partial charge in [0.15, 0.2) is 0 Å². The van der Waals surface area contributed by atoms with Crippen LogP contribution < -0.4 is 11.1 Å². The smallest absolute Gasteiger partial charge is 0.236 e. The van der Waals surface area contributed by atoms with Crippen molar-refractivity contribution in [1.29, 1.82) is 0 Å². The normalized spacial score (nSPS) is 11.9. The Labute approximate surface area is 142 Å². The Morgan fingerprint density at radius 2 is 2.05 bits per heavy atom. The molecule has 22 heavy (non-hydrogen) atoms. The molecule has 0 heterocycles. The van der Waals surface area contributed by atoms with Gasteiger partial charge in [0.1, 0.15) is 5.82 Å². The van der Waals surface area contributed by atoms with Gasteiger partial charge in [-0.2, -0.15) is 11.8 Å². The van der Waals surface area contributed by atoms with Crippen LogP contribution in [0.2, 0.25) is 0 Å². The van der Waals surface area contributed by atoms with Crippen molar-refractivity contribution < 1.29 is 9.18 Å². The van der Waals surface area contributed by atoms with E-state index in [9.17, 15) is 9.18 Å². The molecular formula is C15H25ClFN3OS. The minimum Gasteiger partial charge on any atom is -0.353 e. The van der Waals surface area contributed by atoms with Gasteiger partial charge >= 0.3 is 0 Å². The minimum atomic E-state index is -0.431. The zero-order valence-electron chi connectivity index (χ0n) is 13.0. The van der Waals surface area contributed by atoms with Crippen molar-refractivity contribution in [2.75, 3.05) is 32.1 Å². The molecule has 0 fully saturated rings. The number of likely N-dealkylation sites (N-methyl/N-ethyl adjacent to an activating group) is 1. The Bertz CT molecular complexity index is 433. The van der Waals surface area contributed by atoms with Gasteiger partial charge in [0.25, 0.3) is 0 Å². The van der Waals surface area contributed by atoms with Gasteiger partial charge in [-0.1, -0.05) is 12.1 Å². The number of thioether (sulfide) groups is 1. The van der Waals surface area contributed by atoms with E-state index in [2.05, 4.69) is 10.2 Å². The van der Waals surface area contributed by atoms with Crippen molar-refractivity contribution in [2.45, 2.75) is 19.0 Å². The van der Waals surface area contributed by atoms with Crippen LogP contribution in [0.3, 0.4) is 0 Å². The second kappa shape index (κ2) is 11.7. The Hall–Kier alpha value is -0.820. The lowest BCUT2D eigenvalue weighted by Crippen LogP contribution is -2.43. The molecule has 0 saturated carbocycles. The van der Waals surface area contributed by atoms with E-state index in [1.165, 1.54) is 12.1 Å². The summed E-state index contributed by atoms with van der Waals surface area (Å²) < 4.78 is 12.8. The number of nitrogens with two attached hydrogens (primary N) is 1. The summed E-state index contributed by atoms with van der Waals surface area (Å²) >= 11 is 1.68. The molecule has 1 rings (SSSR count). The first-order chi connectivity index (χ1) is 10.0. The van der Waals surface area contributed by atoms with Crippen LogP contribution in [0.25, 0.3) is 0 Å². The van der Waals surface area contributed by atoms with Crippen LogP contribution in [0, 0.1) is 5.82 Å². The first-order valence-corrected chi connectivity index (χ1v) is 8.37. The lowest BCUT2D eigenvalue weighted by atomic mass is 10.2. The Kier molecular flexibility index (Phi) is 11.3. The molecular weight excluding hydrogens is 325 g/mol. The molecule has 126 valence electrons. The number of rotatable bonds is 9. The van der Waals surface area contributed by atoms with Crippen LogP contribution in [-0.2, 0) is 11.3 Å². The molecule has 0 spiro atoms. The molecule has 0 aliphatic carbocycles. The topological polar surface area (TPSA) is 58.4 Å². The van der Waals surface area contributed by atoms with Crippen LogP contribution in [0.4, 0.5) is 4.39 Å². The third-order valence-corrected chi connectivity index (χ3v) is 3.77. The molecule has 0 aliphatic rings. The van der Waals surface area contributed by atoms with Gasteiger partial charge in [0.2, 0.25) is 5.91 Å². The standard InChI is InChI=1S/C15H24FN3OS.ClH/c1-19(11-12-3-5-13(16)6-4-12)9-8-18-15(20)14(17)7-10-21-2;/h3-6,14H,7-11,17H2,1-2H3,(H,18,20);1H/t14-;/m0./s1. The average Bonchev–Trinajstić information content (AvgIpc) is 2.47. The number of nitrogens with zero attached hydrogens (tertiary/aromatic N) is 1. The van der Waals surface area contributed by atoms with E-state index in [0.717, 1.165) is 17.9 Å². The fourth-order valence-electron chi connectivity index (χ4n) is 1.86. The molecule has 1 aromatic rings. The molecule has 7 heteroatoms. The van der Waals surface area contributed by atoms with E-state index in [1.54, 1.807) is 23.9 Å². The second-order valence-electron chi connectivity index (χ2n) is 5.04.